The second kappa shape index (κ2) is 6.24. The number of pyridine rings is 1. The van der Waals surface area contributed by atoms with Crippen LogP contribution in [0.1, 0.15) is 12.8 Å². The van der Waals surface area contributed by atoms with Crippen LogP contribution in [-0.2, 0) is 9.05 Å². The highest BCUT2D eigenvalue weighted by Gasteiger charge is 2.17. The molecule has 0 amide bonds. The smallest absolute Gasteiger partial charge is 0.261 e. The van der Waals surface area contributed by atoms with E-state index in [9.17, 15) is 8.42 Å². The van der Waals surface area contributed by atoms with Crippen LogP contribution in [0.4, 0.5) is 0 Å². The largest absolute Gasteiger partial charge is 0.491 e. The molecule has 0 aliphatic rings. The highest BCUT2D eigenvalue weighted by Crippen LogP contribution is 2.31. The molecular weight excluding hydrogens is 298 g/mol. The number of halogens is 1. The average Bonchev–Trinajstić information content (AvgIpc) is 2.42. The van der Waals surface area contributed by atoms with Gasteiger partial charge < -0.3 is 4.74 Å². The molecule has 20 heavy (non-hydrogen) atoms. The predicted octanol–water partition coefficient (Wildman–Crippen LogP) is 3.51. The van der Waals surface area contributed by atoms with Crippen molar-refractivity contribution in [3.05, 3.63) is 43.1 Å². The Bertz CT molecular complexity index is 728. The molecule has 0 aliphatic heterocycles. The zero-order valence-electron chi connectivity index (χ0n) is 10.8. The number of allylic oxidation sites excluding steroid dienone is 1. The molecule has 0 saturated heterocycles. The van der Waals surface area contributed by atoms with Crippen molar-refractivity contribution in [1.29, 1.82) is 0 Å². The Morgan fingerprint density at radius 1 is 1.35 bits per heavy atom. The van der Waals surface area contributed by atoms with Gasteiger partial charge in [0.2, 0.25) is 0 Å². The van der Waals surface area contributed by atoms with Crippen LogP contribution >= 0.6 is 10.7 Å². The summed E-state index contributed by atoms with van der Waals surface area (Å²) in [6, 6.07) is 6.34. The van der Waals surface area contributed by atoms with E-state index in [4.69, 9.17) is 15.4 Å². The van der Waals surface area contributed by atoms with Crippen molar-refractivity contribution >= 4 is 30.6 Å². The summed E-state index contributed by atoms with van der Waals surface area (Å²) in [5.41, 5.74) is 0.493. The molecule has 0 atom stereocenters. The van der Waals surface area contributed by atoms with Gasteiger partial charge in [-0.3, -0.25) is 4.98 Å². The highest BCUT2D eigenvalue weighted by molar-refractivity contribution is 8.14. The lowest BCUT2D eigenvalue weighted by Crippen LogP contribution is -2.00. The second-order valence-electron chi connectivity index (χ2n) is 4.18. The zero-order chi connectivity index (χ0) is 14.6. The molecule has 106 valence electrons. The summed E-state index contributed by atoms with van der Waals surface area (Å²) in [4.78, 5) is 4.23. The first-order valence-corrected chi connectivity index (χ1v) is 8.41. The number of rotatable bonds is 6. The fourth-order valence-corrected chi connectivity index (χ4v) is 2.92. The molecule has 1 aromatic heterocycles. The lowest BCUT2D eigenvalue weighted by atomic mass is 10.2. The summed E-state index contributed by atoms with van der Waals surface area (Å²) in [6.45, 7) is 4.16. The van der Waals surface area contributed by atoms with Gasteiger partial charge in [0.1, 0.15) is 11.3 Å². The van der Waals surface area contributed by atoms with E-state index in [-0.39, 0.29) is 4.90 Å². The van der Waals surface area contributed by atoms with Crippen LogP contribution in [0.2, 0.25) is 0 Å². The van der Waals surface area contributed by atoms with Crippen molar-refractivity contribution in [3.8, 4) is 5.75 Å². The molecule has 1 aromatic carbocycles. The maximum Gasteiger partial charge on any atom is 0.261 e. The third-order valence-corrected chi connectivity index (χ3v) is 4.15. The van der Waals surface area contributed by atoms with Gasteiger partial charge in [0, 0.05) is 22.3 Å². The molecule has 0 radical (unpaired) electrons. The normalized spacial score (nSPS) is 11.4. The molecule has 0 aliphatic carbocycles. The molecule has 1 heterocycles. The van der Waals surface area contributed by atoms with E-state index < -0.39 is 9.05 Å². The van der Waals surface area contributed by atoms with E-state index in [2.05, 4.69) is 11.6 Å². The molecule has 0 fully saturated rings. The summed E-state index contributed by atoms with van der Waals surface area (Å²) in [6.07, 6.45) is 5.11. The standard InChI is InChI=1S/C14H14ClNO3S/c1-2-3-4-10-19-12-7-8-13(20(15,17)18)11-6-5-9-16-14(11)12/h2,5-9H,1,3-4,10H2. The fraction of sp³-hybridized carbons (Fsp3) is 0.214. The van der Waals surface area contributed by atoms with E-state index in [0.29, 0.717) is 23.3 Å². The molecule has 0 N–H and O–H groups in total. The van der Waals surface area contributed by atoms with Gasteiger partial charge >= 0.3 is 0 Å². The third-order valence-electron chi connectivity index (χ3n) is 2.77. The van der Waals surface area contributed by atoms with Crippen LogP contribution in [-0.4, -0.2) is 20.0 Å². The van der Waals surface area contributed by atoms with Crippen LogP contribution in [0, 0.1) is 0 Å². The Labute approximate surface area is 122 Å². The van der Waals surface area contributed by atoms with Gasteiger partial charge in [0.05, 0.1) is 11.5 Å². The first-order valence-electron chi connectivity index (χ1n) is 6.10. The number of nitrogens with zero attached hydrogens (tertiary/aromatic N) is 1. The summed E-state index contributed by atoms with van der Waals surface area (Å²) < 4.78 is 28.7. The van der Waals surface area contributed by atoms with Crippen LogP contribution in [0.25, 0.3) is 10.9 Å². The molecule has 2 aromatic rings. The van der Waals surface area contributed by atoms with E-state index in [1.165, 1.54) is 6.07 Å². The van der Waals surface area contributed by atoms with E-state index in [1.807, 2.05) is 6.08 Å². The first kappa shape index (κ1) is 14.8. The van der Waals surface area contributed by atoms with E-state index >= 15 is 0 Å². The Balaban J connectivity index is 2.41. The van der Waals surface area contributed by atoms with Crippen molar-refractivity contribution in [1.82, 2.24) is 4.98 Å². The van der Waals surface area contributed by atoms with E-state index in [1.54, 1.807) is 24.4 Å². The first-order chi connectivity index (χ1) is 9.54. The van der Waals surface area contributed by atoms with Crippen LogP contribution in [0.5, 0.6) is 5.75 Å². The molecule has 6 heteroatoms. The topological polar surface area (TPSA) is 56.3 Å². The van der Waals surface area contributed by atoms with Gasteiger partial charge in [-0.1, -0.05) is 6.08 Å². The quantitative estimate of drug-likeness (QED) is 0.465. The lowest BCUT2D eigenvalue weighted by molar-refractivity contribution is 0.315. The SMILES string of the molecule is C=CCCCOc1ccc(S(=O)(=O)Cl)c2cccnc12. The molecule has 0 saturated carbocycles. The number of hydrogen-bond acceptors (Lipinski definition) is 4. The van der Waals surface area contributed by atoms with Gasteiger partial charge in [-0.05, 0) is 37.1 Å². The van der Waals surface area contributed by atoms with Crippen LogP contribution in [0.3, 0.4) is 0 Å². The van der Waals surface area contributed by atoms with Gasteiger partial charge in [-0.2, -0.15) is 0 Å². The summed E-state index contributed by atoms with van der Waals surface area (Å²) in [7, 11) is 1.62. The molecular formula is C14H14ClNO3S. The Hall–Kier alpha value is -1.59. The molecule has 0 bridgehead atoms. The van der Waals surface area contributed by atoms with Crippen LogP contribution < -0.4 is 4.74 Å². The fourth-order valence-electron chi connectivity index (χ4n) is 1.86. The van der Waals surface area contributed by atoms with Gasteiger partial charge in [0.15, 0.2) is 0 Å². The van der Waals surface area contributed by atoms with Crippen molar-refractivity contribution in [3.63, 3.8) is 0 Å². The lowest BCUT2D eigenvalue weighted by Gasteiger charge is -2.10. The van der Waals surface area contributed by atoms with Crippen molar-refractivity contribution < 1.29 is 13.2 Å². The van der Waals surface area contributed by atoms with Crippen molar-refractivity contribution in [2.75, 3.05) is 6.61 Å². The van der Waals surface area contributed by atoms with Crippen LogP contribution in [0.15, 0.2) is 48.0 Å². The monoisotopic (exact) mass is 311 g/mol. The minimum absolute atomic E-state index is 0.0423. The molecule has 0 spiro atoms. The number of fused-ring (bicyclic) bond motifs is 1. The molecule has 4 nitrogen and oxygen atoms in total. The average molecular weight is 312 g/mol. The molecule has 2 rings (SSSR count). The zero-order valence-corrected chi connectivity index (χ0v) is 12.3. The van der Waals surface area contributed by atoms with Crippen molar-refractivity contribution in [2.45, 2.75) is 17.7 Å². The minimum atomic E-state index is -3.81. The molecule has 0 unspecified atom stereocenters. The highest BCUT2D eigenvalue weighted by atomic mass is 35.7. The number of benzene rings is 1. The minimum Gasteiger partial charge on any atom is -0.491 e. The number of unbranched alkanes of at least 4 members (excludes halogenated alkanes) is 1. The van der Waals surface area contributed by atoms with Crippen molar-refractivity contribution in [2.24, 2.45) is 0 Å². The third kappa shape index (κ3) is 3.29. The van der Waals surface area contributed by atoms with Gasteiger partial charge in [-0.25, -0.2) is 8.42 Å². The summed E-state index contributed by atoms with van der Waals surface area (Å²) in [5.74, 6) is 0.550. The second-order valence-corrected chi connectivity index (χ2v) is 6.71. The Kier molecular flexibility index (Phi) is 4.62. The van der Waals surface area contributed by atoms with E-state index in [0.717, 1.165) is 12.8 Å². The summed E-state index contributed by atoms with van der Waals surface area (Å²) in [5, 5.41) is 0.462. The van der Waals surface area contributed by atoms with Gasteiger partial charge in [-0.15, -0.1) is 6.58 Å². The maximum absolute atomic E-state index is 11.5. The number of aromatic nitrogens is 1. The van der Waals surface area contributed by atoms with Gasteiger partial charge in [0.25, 0.3) is 9.05 Å². The Morgan fingerprint density at radius 3 is 2.85 bits per heavy atom. The maximum atomic E-state index is 11.5. The number of hydrogen-bond donors (Lipinski definition) is 0. The number of ether oxygens (including phenoxy) is 1. The summed E-state index contributed by atoms with van der Waals surface area (Å²) >= 11 is 0. The Morgan fingerprint density at radius 2 is 2.15 bits per heavy atom. The predicted molar refractivity (Wildman–Crippen MR) is 79.7 cm³/mol.